The molecule has 0 aromatic heterocycles. The van der Waals surface area contributed by atoms with Crippen molar-refractivity contribution >= 4 is 11.6 Å². The summed E-state index contributed by atoms with van der Waals surface area (Å²) >= 11 is 0. The molecular weight excluding hydrogens is 288 g/mol. The fourth-order valence-corrected chi connectivity index (χ4v) is 2.49. The Morgan fingerprint density at radius 1 is 1.09 bits per heavy atom. The number of quaternary nitrogens is 1. The maximum atomic E-state index is 12.4. The van der Waals surface area contributed by atoms with Crippen LogP contribution in [0.25, 0.3) is 0 Å². The van der Waals surface area contributed by atoms with E-state index in [4.69, 9.17) is 4.74 Å². The fourth-order valence-electron chi connectivity index (χ4n) is 2.49. The minimum absolute atomic E-state index is 0.0278. The van der Waals surface area contributed by atoms with Crippen LogP contribution in [0.1, 0.15) is 32.4 Å². The Balaban J connectivity index is 1.98. The molecule has 122 valence electrons. The minimum Gasteiger partial charge on any atom is -0.492 e. The van der Waals surface area contributed by atoms with E-state index in [-0.39, 0.29) is 18.0 Å². The molecular formula is C19H25N2O2+. The molecule has 2 aromatic rings. The Bertz CT molecular complexity index is 628. The Hall–Kier alpha value is -2.33. The fraction of sp³-hybridized carbons (Fsp3) is 0.316. The van der Waals surface area contributed by atoms with E-state index in [1.54, 1.807) is 0 Å². The van der Waals surface area contributed by atoms with E-state index in [1.165, 1.54) is 5.56 Å². The predicted molar refractivity (Wildman–Crippen MR) is 92.5 cm³/mol. The average Bonchev–Trinajstić information content (AvgIpc) is 2.57. The molecule has 0 saturated carbocycles. The number of ether oxygens (including phenoxy) is 1. The quantitative estimate of drug-likeness (QED) is 0.826. The number of amides is 1. The summed E-state index contributed by atoms with van der Waals surface area (Å²) in [5, 5.41) is 5.02. The second kappa shape index (κ2) is 8.34. The summed E-state index contributed by atoms with van der Waals surface area (Å²) in [5.41, 5.74) is 1.92. The van der Waals surface area contributed by atoms with E-state index in [1.807, 2.05) is 56.3 Å². The van der Waals surface area contributed by atoms with Crippen molar-refractivity contribution in [1.82, 2.24) is 0 Å². The van der Waals surface area contributed by atoms with Gasteiger partial charge in [-0.1, -0.05) is 42.5 Å². The number of hydrogen-bond donors (Lipinski definition) is 2. The lowest BCUT2D eigenvalue weighted by Gasteiger charge is -2.18. The van der Waals surface area contributed by atoms with Gasteiger partial charge in [0.2, 0.25) is 0 Å². The topological polar surface area (TPSA) is 54.9 Å². The number of para-hydroxylation sites is 2. The third-order valence-electron chi connectivity index (χ3n) is 3.76. The van der Waals surface area contributed by atoms with Crippen molar-refractivity contribution in [2.75, 3.05) is 11.9 Å². The lowest BCUT2D eigenvalue weighted by Crippen LogP contribution is -2.91. The van der Waals surface area contributed by atoms with Crippen LogP contribution in [0.5, 0.6) is 5.75 Å². The van der Waals surface area contributed by atoms with E-state index in [0.717, 1.165) is 0 Å². The van der Waals surface area contributed by atoms with Crippen molar-refractivity contribution in [3.05, 3.63) is 60.2 Å². The molecule has 2 rings (SSSR count). The highest BCUT2D eigenvalue weighted by Gasteiger charge is 2.21. The lowest BCUT2D eigenvalue weighted by molar-refractivity contribution is -0.709. The van der Waals surface area contributed by atoms with Gasteiger partial charge in [-0.3, -0.25) is 4.79 Å². The van der Waals surface area contributed by atoms with Gasteiger partial charge < -0.3 is 15.4 Å². The first-order valence-electron chi connectivity index (χ1n) is 8.04. The molecule has 23 heavy (non-hydrogen) atoms. The summed E-state index contributed by atoms with van der Waals surface area (Å²) in [5.74, 6) is 0.673. The van der Waals surface area contributed by atoms with Crippen LogP contribution in [-0.4, -0.2) is 18.6 Å². The standard InChI is InChI=1S/C19H24N2O2/c1-4-23-18-13-9-8-12-17(18)21-19(22)15(3)20-14(2)16-10-6-5-7-11-16/h5-15,20H,4H2,1-3H3,(H,21,22)/p+1/t14-,15+/m0/s1. The van der Waals surface area contributed by atoms with Crippen molar-refractivity contribution < 1.29 is 14.8 Å². The molecule has 4 heteroatoms. The minimum atomic E-state index is -0.195. The zero-order valence-electron chi connectivity index (χ0n) is 14.0. The summed E-state index contributed by atoms with van der Waals surface area (Å²) in [6.45, 7) is 6.52. The summed E-state index contributed by atoms with van der Waals surface area (Å²) in [4.78, 5) is 12.4. The highest BCUT2D eigenvalue weighted by Crippen LogP contribution is 2.23. The smallest absolute Gasteiger partial charge is 0.282 e. The molecule has 4 nitrogen and oxygen atoms in total. The molecule has 0 spiro atoms. The van der Waals surface area contributed by atoms with Crippen LogP contribution < -0.4 is 15.4 Å². The van der Waals surface area contributed by atoms with Gasteiger partial charge in [-0.05, 0) is 32.9 Å². The summed E-state index contributed by atoms with van der Waals surface area (Å²) in [6.07, 6.45) is 0. The van der Waals surface area contributed by atoms with Gasteiger partial charge in [0, 0.05) is 5.56 Å². The number of carbonyl (C=O) groups is 1. The van der Waals surface area contributed by atoms with Crippen molar-refractivity contribution in [2.45, 2.75) is 32.9 Å². The molecule has 2 atom stereocenters. The largest absolute Gasteiger partial charge is 0.492 e. The third-order valence-corrected chi connectivity index (χ3v) is 3.76. The SMILES string of the molecule is CCOc1ccccc1NC(=O)[C@@H](C)[NH2+][C@@H](C)c1ccccc1. The summed E-state index contributed by atoms with van der Waals surface area (Å²) < 4.78 is 5.54. The van der Waals surface area contributed by atoms with E-state index in [0.29, 0.717) is 18.0 Å². The number of anilines is 1. The summed E-state index contributed by atoms with van der Waals surface area (Å²) in [6, 6.07) is 17.7. The molecule has 0 aliphatic rings. The van der Waals surface area contributed by atoms with E-state index < -0.39 is 0 Å². The first kappa shape index (κ1) is 17.0. The molecule has 0 unspecified atom stereocenters. The maximum absolute atomic E-state index is 12.4. The molecule has 3 N–H and O–H groups in total. The maximum Gasteiger partial charge on any atom is 0.282 e. The monoisotopic (exact) mass is 313 g/mol. The van der Waals surface area contributed by atoms with Gasteiger partial charge >= 0.3 is 0 Å². The number of nitrogens with two attached hydrogens (primary N) is 1. The highest BCUT2D eigenvalue weighted by atomic mass is 16.5. The van der Waals surface area contributed by atoms with Crippen molar-refractivity contribution in [2.24, 2.45) is 0 Å². The second-order valence-electron chi connectivity index (χ2n) is 5.60. The van der Waals surface area contributed by atoms with Crippen LogP contribution in [0.2, 0.25) is 0 Å². The van der Waals surface area contributed by atoms with E-state index >= 15 is 0 Å². The van der Waals surface area contributed by atoms with Gasteiger partial charge in [-0.15, -0.1) is 0 Å². The molecule has 0 aliphatic carbocycles. The van der Waals surface area contributed by atoms with E-state index in [2.05, 4.69) is 29.7 Å². The van der Waals surface area contributed by atoms with Crippen LogP contribution in [0.15, 0.2) is 54.6 Å². The normalized spacial score (nSPS) is 13.2. The van der Waals surface area contributed by atoms with Gasteiger partial charge in [0.05, 0.1) is 12.3 Å². The molecule has 0 saturated heterocycles. The molecule has 1 amide bonds. The first-order chi connectivity index (χ1) is 11.1. The molecule has 0 aliphatic heterocycles. The zero-order chi connectivity index (χ0) is 16.7. The van der Waals surface area contributed by atoms with Gasteiger partial charge in [0.1, 0.15) is 11.8 Å². The highest BCUT2D eigenvalue weighted by molar-refractivity contribution is 5.94. The van der Waals surface area contributed by atoms with Crippen LogP contribution in [-0.2, 0) is 4.79 Å². The van der Waals surface area contributed by atoms with Crippen LogP contribution in [0.3, 0.4) is 0 Å². The van der Waals surface area contributed by atoms with Crippen molar-refractivity contribution in [3.8, 4) is 5.75 Å². The van der Waals surface area contributed by atoms with Gasteiger partial charge in [0.15, 0.2) is 6.04 Å². The van der Waals surface area contributed by atoms with Gasteiger partial charge in [-0.25, -0.2) is 0 Å². The Kier molecular flexibility index (Phi) is 6.18. The van der Waals surface area contributed by atoms with Crippen molar-refractivity contribution in [1.29, 1.82) is 0 Å². The molecule has 2 aromatic carbocycles. The zero-order valence-corrected chi connectivity index (χ0v) is 14.0. The lowest BCUT2D eigenvalue weighted by atomic mass is 10.1. The number of benzene rings is 2. The number of rotatable bonds is 7. The molecule has 0 bridgehead atoms. The third kappa shape index (κ3) is 4.83. The van der Waals surface area contributed by atoms with Gasteiger partial charge in [0.25, 0.3) is 5.91 Å². The Morgan fingerprint density at radius 3 is 2.43 bits per heavy atom. The first-order valence-corrected chi connectivity index (χ1v) is 8.04. The van der Waals surface area contributed by atoms with Crippen LogP contribution in [0, 0.1) is 0 Å². The van der Waals surface area contributed by atoms with Gasteiger partial charge in [-0.2, -0.15) is 0 Å². The Labute approximate surface area is 137 Å². The summed E-state index contributed by atoms with van der Waals surface area (Å²) in [7, 11) is 0. The van der Waals surface area contributed by atoms with E-state index in [9.17, 15) is 4.79 Å². The van der Waals surface area contributed by atoms with Crippen LogP contribution >= 0.6 is 0 Å². The average molecular weight is 313 g/mol. The molecule has 0 heterocycles. The number of hydrogen-bond acceptors (Lipinski definition) is 2. The predicted octanol–water partition coefficient (Wildman–Crippen LogP) is 2.74. The number of nitrogens with one attached hydrogen (secondary N) is 1. The molecule has 0 fully saturated rings. The van der Waals surface area contributed by atoms with Crippen LogP contribution in [0.4, 0.5) is 5.69 Å². The Morgan fingerprint density at radius 2 is 1.74 bits per heavy atom. The second-order valence-corrected chi connectivity index (χ2v) is 5.60. The molecule has 0 radical (unpaired) electrons. The number of carbonyl (C=O) groups excluding carboxylic acids is 1. The van der Waals surface area contributed by atoms with Crippen molar-refractivity contribution in [3.63, 3.8) is 0 Å².